The predicted molar refractivity (Wildman–Crippen MR) is 104 cm³/mol. The number of benzene rings is 1. The zero-order valence-corrected chi connectivity index (χ0v) is 16.8. The zero-order valence-electron chi connectivity index (χ0n) is 15.9. The van der Waals surface area contributed by atoms with Crippen LogP contribution in [0.15, 0.2) is 35.7 Å². The summed E-state index contributed by atoms with van der Waals surface area (Å²) in [7, 11) is 0. The van der Waals surface area contributed by atoms with Crippen LogP contribution in [0.2, 0.25) is 0 Å². The quantitative estimate of drug-likeness (QED) is 0.691. The smallest absolute Gasteiger partial charge is 0.406 e. The van der Waals surface area contributed by atoms with Gasteiger partial charge in [-0.05, 0) is 41.1 Å². The SMILES string of the molecule is O=C(CCC(=O)N1CCc2sccc2C1)NCC(O)c1ccc(OC(F)(F)F)cc1. The highest BCUT2D eigenvalue weighted by Crippen LogP contribution is 2.25. The Hall–Kier alpha value is -2.59. The van der Waals surface area contributed by atoms with E-state index in [1.807, 2.05) is 11.4 Å². The van der Waals surface area contributed by atoms with Crippen molar-refractivity contribution in [2.45, 2.75) is 38.3 Å². The summed E-state index contributed by atoms with van der Waals surface area (Å²) in [4.78, 5) is 27.4. The third-order valence-electron chi connectivity index (χ3n) is 4.72. The minimum atomic E-state index is -4.79. The van der Waals surface area contributed by atoms with Gasteiger partial charge in [0.15, 0.2) is 0 Å². The molecule has 2 amide bonds. The van der Waals surface area contributed by atoms with Crippen molar-refractivity contribution in [1.82, 2.24) is 10.2 Å². The molecule has 0 saturated carbocycles. The van der Waals surface area contributed by atoms with Gasteiger partial charge in [-0.25, -0.2) is 0 Å². The summed E-state index contributed by atoms with van der Waals surface area (Å²) in [6.45, 7) is 1.08. The molecule has 2 N–H and O–H groups in total. The lowest BCUT2D eigenvalue weighted by molar-refractivity contribution is -0.274. The summed E-state index contributed by atoms with van der Waals surface area (Å²) in [6.07, 6.45) is -4.99. The van der Waals surface area contributed by atoms with E-state index in [0.717, 1.165) is 24.1 Å². The number of hydrogen-bond donors (Lipinski definition) is 2. The van der Waals surface area contributed by atoms with Gasteiger partial charge in [-0.1, -0.05) is 12.1 Å². The van der Waals surface area contributed by atoms with Crippen molar-refractivity contribution in [2.24, 2.45) is 0 Å². The lowest BCUT2D eigenvalue weighted by atomic mass is 10.1. The third kappa shape index (κ3) is 6.20. The van der Waals surface area contributed by atoms with Gasteiger partial charge in [0, 0.05) is 37.4 Å². The number of halogens is 3. The molecule has 162 valence electrons. The molecule has 1 aromatic carbocycles. The molecule has 0 bridgehead atoms. The standard InChI is InChI=1S/C20H21F3N2O4S/c21-20(22,23)29-15-3-1-13(2-4-15)16(26)11-24-18(27)5-6-19(28)25-9-7-17-14(12-25)8-10-30-17/h1-4,8,10,16,26H,5-7,9,11-12H2,(H,24,27). The maximum Gasteiger partial charge on any atom is 0.573 e. The number of alkyl halides is 3. The number of carbonyl (C=O) groups is 2. The minimum absolute atomic E-state index is 0.00307. The van der Waals surface area contributed by atoms with Crippen molar-refractivity contribution in [3.63, 3.8) is 0 Å². The van der Waals surface area contributed by atoms with Crippen molar-refractivity contribution in [1.29, 1.82) is 0 Å². The molecule has 0 spiro atoms. The van der Waals surface area contributed by atoms with Crippen LogP contribution in [-0.4, -0.2) is 41.3 Å². The topological polar surface area (TPSA) is 78.9 Å². The molecule has 6 nitrogen and oxygen atoms in total. The van der Waals surface area contributed by atoms with Crippen molar-refractivity contribution in [3.8, 4) is 5.75 Å². The molecule has 1 aliphatic rings. The minimum Gasteiger partial charge on any atom is -0.406 e. The summed E-state index contributed by atoms with van der Waals surface area (Å²) in [5.74, 6) is -0.872. The summed E-state index contributed by atoms with van der Waals surface area (Å²) in [5.41, 5.74) is 1.49. The number of aliphatic hydroxyl groups excluding tert-OH is 1. The van der Waals surface area contributed by atoms with Gasteiger partial charge in [-0.15, -0.1) is 24.5 Å². The van der Waals surface area contributed by atoms with Crippen LogP contribution in [0.3, 0.4) is 0 Å². The largest absolute Gasteiger partial charge is 0.573 e. The van der Waals surface area contributed by atoms with E-state index in [9.17, 15) is 27.9 Å². The van der Waals surface area contributed by atoms with Crippen LogP contribution in [0.25, 0.3) is 0 Å². The van der Waals surface area contributed by atoms with Crippen LogP contribution >= 0.6 is 11.3 Å². The number of thiophene rings is 1. The molecule has 0 radical (unpaired) electrons. The van der Waals surface area contributed by atoms with E-state index in [-0.39, 0.29) is 31.2 Å². The maximum atomic E-state index is 12.3. The van der Waals surface area contributed by atoms with E-state index in [2.05, 4.69) is 10.1 Å². The summed E-state index contributed by atoms with van der Waals surface area (Å²) in [5, 5.41) is 14.6. The summed E-state index contributed by atoms with van der Waals surface area (Å²) >= 11 is 1.69. The number of nitrogens with zero attached hydrogens (tertiary/aromatic N) is 1. The molecule has 0 aliphatic carbocycles. The Kier molecular flexibility index (Phi) is 6.99. The summed E-state index contributed by atoms with van der Waals surface area (Å²) < 4.78 is 40.3. The molecule has 1 aliphatic heterocycles. The average molecular weight is 442 g/mol. The van der Waals surface area contributed by atoms with Gasteiger partial charge in [-0.3, -0.25) is 9.59 Å². The molecule has 1 unspecified atom stereocenters. The number of nitrogens with one attached hydrogen (secondary N) is 1. The first kappa shape index (κ1) is 22.1. The molecule has 2 aromatic rings. The van der Waals surface area contributed by atoms with Crippen LogP contribution < -0.4 is 10.1 Å². The highest BCUT2D eigenvalue weighted by atomic mass is 32.1. The van der Waals surface area contributed by atoms with Crippen LogP contribution in [0, 0.1) is 0 Å². The molecule has 10 heteroatoms. The number of amides is 2. The van der Waals surface area contributed by atoms with Gasteiger partial charge in [0.25, 0.3) is 0 Å². The Morgan fingerprint density at radius 2 is 1.93 bits per heavy atom. The second-order valence-electron chi connectivity index (χ2n) is 6.87. The first-order valence-corrected chi connectivity index (χ1v) is 10.2. The van der Waals surface area contributed by atoms with Crippen LogP contribution in [0.1, 0.15) is 34.9 Å². The first-order chi connectivity index (χ1) is 14.2. The molecule has 1 atom stereocenters. The molecule has 0 saturated heterocycles. The average Bonchev–Trinajstić information content (AvgIpc) is 3.17. The van der Waals surface area contributed by atoms with E-state index in [1.54, 1.807) is 16.2 Å². The van der Waals surface area contributed by atoms with Gasteiger partial charge in [0.1, 0.15) is 5.75 Å². The molecular weight excluding hydrogens is 421 g/mol. The van der Waals surface area contributed by atoms with Crippen molar-refractivity contribution >= 4 is 23.2 Å². The van der Waals surface area contributed by atoms with E-state index in [4.69, 9.17) is 0 Å². The van der Waals surface area contributed by atoms with Gasteiger partial charge >= 0.3 is 6.36 Å². The lowest BCUT2D eigenvalue weighted by Crippen LogP contribution is -2.36. The van der Waals surface area contributed by atoms with E-state index in [0.29, 0.717) is 18.7 Å². The van der Waals surface area contributed by atoms with Crippen molar-refractivity contribution < 1.29 is 32.6 Å². The van der Waals surface area contributed by atoms with Crippen molar-refractivity contribution in [2.75, 3.05) is 13.1 Å². The normalized spacial score (nSPS) is 14.7. The Morgan fingerprint density at radius 3 is 2.63 bits per heavy atom. The Labute approximate surface area is 175 Å². The number of hydrogen-bond acceptors (Lipinski definition) is 5. The summed E-state index contributed by atoms with van der Waals surface area (Å²) in [6, 6.07) is 6.76. The lowest BCUT2D eigenvalue weighted by Gasteiger charge is -2.27. The molecule has 0 fully saturated rings. The van der Waals surface area contributed by atoms with Gasteiger partial charge in [0.2, 0.25) is 11.8 Å². The molecule has 30 heavy (non-hydrogen) atoms. The van der Waals surface area contributed by atoms with E-state index in [1.165, 1.54) is 17.0 Å². The molecule has 1 aromatic heterocycles. The Bertz CT molecular complexity index is 883. The third-order valence-corrected chi connectivity index (χ3v) is 5.74. The van der Waals surface area contributed by atoms with Gasteiger partial charge in [0.05, 0.1) is 6.10 Å². The van der Waals surface area contributed by atoms with Gasteiger partial charge < -0.3 is 20.1 Å². The second kappa shape index (κ2) is 9.48. The number of aliphatic hydroxyl groups is 1. The van der Waals surface area contributed by atoms with Crippen LogP contribution in [-0.2, 0) is 22.6 Å². The van der Waals surface area contributed by atoms with E-state index < -0.39 is 18.2 Å². The Morgan fingerprint density at radius 1 is 1.20 bits per heavy atom. The monoisotopic (exact) mass is 442 g/mol. The number of carbonyl (C=O) groups excluding carboxylic acids is 2. The van der Waals surface area contributed by atoms with Crippen LogP contribution in [0.5, 0.6) is 5.75 Å². The molecular formula is C20H21F3N2O4S. The maximum absolute atomic E-state index is 12.3. The number of rotatable bonds is 7. The van der Waals surface area contributed by atoms with E-state index >= 15 is 0 Å². The fourth-order valence-electron chi connectivity index (χ4n) is 3.15. The number of fused-ring (bicyclic) bond motifs is 1. The fraction of sp³-hybridized carbons (Fsp3) is 0.400. The van der Waals surface area contributed by atoms with Crippen molar-refractivity contribution in [3.05, 3.63) is 51.7 Å². The molecule has 3 rings (SSSR count). The zero-order chi connectivity index (χ0) is 21.7. The highest BCUT2D eigenvalue weighted by molar-refractivity contribution is 7.10. The fourth-order valence-corrected chi connectivity index (χ4v) is 4.04. The van der Waals surface area contributed by atoms with Gasteiger partial charge in [-0.2, -0.15) is 0 Å². The highest BCUT2D eigenvalue weighted by Gasteiger charge is 2.31. The predicted octanol–water partition coefficient (Wildman–Crippen LogP) is 3.16. The number of ether oxygens (including phenoxy) is 1. The first-order valence-electron chi connectivity index (χ1n) is 9.35. The van der Waals surface area contributed by atoms with Crippen LogP contribution in [0.4, 0.5) is 13.2 Å². The Balaban J connectivity index is 1.39. The molecule has 2 heterocycles. The second-order valence-corrected chi connectivity index (χ2v) is 7.87.